The molecule has 0 radical (unpaired) electrons. The van der Waals surface area contributed by atoms with E-state index in [2.05, 4.69) is 58.2 Å². The van der Waals surface area contributed by atoms with Crippen LogP contribution in [0.1, 0.15) is 11.1 Å². The van der Waals surface area contributed by atoms with Gasteiger partial charge in [0.05, 0.1) is 4.47 Å². The Balaban J connectivity index is 1.47. The molecule has 1 saturated heterocycles. The van der Waals surface area contributed by atoms with Gasteiger partial charge in [-0.3, -0.25) is 9.69 Å². The number of ether oxygens (including phenoxy) is 1. The summed E-state index contributed by atoms with van der Waals surface area (Å²) in [5.41, 5.74) is 2.08. The van der Waals surface area contributed by atoms with Crippen molar-refractivity contribution >= 4 is 44.7 Å². The van der Waals surface area contributed by atoms with Crippen molar-refractivity contribution in [2.24, 2.45) is 0 Å². The van der Waals surface area contributed by atoms with E-state index < -0.39 is 6.03 Å². The lowest BCUT2D eigenvalue weighted by Gasteiger charge is -2.10. The third kappa shape index (κ3) is 4.14. The fourth-order valence-electron chi connectivity index (χ4n) is 3.25. The zero-order valence-corrected chi connectivity index (χ0v) is 17.7. The van der Waals surface area contributed by atoms with E-state index in [0.29, 0.717) is 12.4 Å². The van der Waals surface area contributed by atoms with Crippen LogP contribution in [0.15, 0.2) is 83.5 Å². The van der Waals surface area contributed by atoms with Crippen LogP contribution >= 0.6 is 15.9 Å². The SMILES string of the molecule is C=CCN1C(=O)N/C(=C/c2ccc(OCc3ccc4ccccc4c3)c(Br)c2)C1=O. The fourth-order valence-corrected chi connectivity index (χ4v) is 3.76. The van der Waals surface area contributed by atoms with Crippen molar-refractivity contribution in [1.29, 1.82) is 0 Å². The van der Waals surface area contributed by atoms with Gasteiger partial charge in [0.15, 0.2) is 0 Å². The average molecular weight is 463 g/mol. The van der Waals surface area contributed by atoms with Crippen LogP contribution in [-0.4, -0.2) is 23.4 Å². The summed E-state index contributed by atoms with van der Waals surface area (Å²) in [6, 6.07) is 19.5. The zero-order chi connectivity index (χ0) is 21.1. The van der Waals surface area contributed by atoms with Crippen LogP contribution in [0.25, 0.3) is 16.8 Å². The van der Waals surface area contributed by atoms with Gasteiger partial charge in [-0.05, 0) is 62.1 Å². The summed E-state index contributed by atoms with van der Waals surface area (Å²) in [5.74, 6) is 0.327. The number of imide groups is 1. The first-order valence-electron chi connectivity index (χ1n) is 9.40. The number of rotatable bonds is 6. The number of carbonyl (C=O) groups excluding carboxylic acids is 2. The number of fused-ring (bicyclic) bond motifs is 1. The molecule has 1 aliphatic rings. The predicted octanol–water partition coefficient (Wildman–Crippen LogP) is 5.26. The molecule has 3 amide bonds. The van der Waals surface area contributed by atoms with Gasteiger partial charge in [0.25, 0.3) is 5.91 Å². The first kappa shape index (κ1) is 19.9. The van der Waals surface area contributed by atoms with Crippen molar-refractivity contribution in [2.75, 3.05) is 6.54 Å². The summed E-state index contributed by atoms with van der Waals surface area (Å²) in [5, 5.41) is 4.96. The number of carbonyl (C=O) groups is 2. The normalized spacial score (nSPS) is 15.0. The standard InChI is InChI=1S/C24H19BrN2O3/c1-2-11-27-23(28)21(26-24(27)29)14-16-8-10-22(20(25)13-16)30-15-17-7-9-18-5-3-4-6-19(18)12-17/h2-10,12-14H,1,11,15H2,(H,26,29)/b21-14+. The molecule has 1 fully saturated rings. The molecule has 30 heavy (non-hydrogen) atoms. The highest BCUT2D eigenvalue weighted by atomic mass is 79.9. The van der Waals surface area contributed by atoms with Crippen LogP contribution in [0, 0.1) is 0 Å². The summed E-state index contributed by atoms with van der Waals surface area (Å²) in [6.45, 7) is 4.18. The number of nitrogens with zero attached hydrogens (tertiary/aromatic N) is 1. The molecule has 6 heteroatoms. The second-order valence-electron chi connectivity index (χ2n) is 6.85. The third-order valence-corrected chi connectivity index (χ3v) is 5.37. The number of hydrogen-bond donors (Lipinski definition) is 1. The summed E-state index contributed by atoms with van der Waals surface area (Å²) in [7, 11) is 0. The van der Waals surface area contributed by atoms with Gasteiger partial charge in [0, 0.05) is 6.54 Å². The van der Waals surface area contributed by atoms with Crippen LogP contribution in [0.5, 0.6) is 5.75 Å². The molecule has 3 aromatic rings. The van der Waals surface area contributed by atoms with Crippen LogP contribution < -0.4 is 10.1 Å². The van der Waals surface area contributed by atoms with Gasteiger partial charge in [-0.15, -0.1) is 6.58 Å². The molecule has 1 heterocycles. The quantitative estimate of drug-likeness (QED) is 0.308. The Bertz CT molecular complexity index is 1190. The first-order chi connectivity index (χ1) is 14.5. The Morgan fingerprint density at radius 2 is 1.83 bits per heavy atom. The second kappa shape index (κ2) is 8.55. The summed E-state index contributed by atoms with van der Waals surface area (Å²) < 4.78 is 6.72. The number of urea groups is 1. The van der Waals surface area contributed by atoms with Gasteiger partial charge in [-0.2, -0.15) is 0 Å². The average Bonchev–Trinajstić information content (AvgIpc) is 3.00. The highest BCUT2D eigenvalue weighted by Gasteiger charge is 2.32. The highest BCUT2D eigenvalue weighted by Crippen LogP contribution is 2.28. The molecule has 3 aromatic carbocycles. The molecule has 4 rings (SSSR count). The number of benzene rings is 3. The Morgan fingerprint density at radius 1 is 1.03 bits per heavy atom. The monoisotopic (exact) mass is 462 g/mol. The molecule has 0 atom stereocenters. The minimum atomic E-state index is -0.444. The minimum Gasteiger partial charge on any atom is -0.488 e. The van der Waals surface area contributed by atoms with Crippen molar-refractivity contribution in [3.05, 3.63) is 94.6 Å². The number of amides is 3. The summed E-state index contributed by atoms with van der Waals surface area (Å²) >= 11 is 3.52. The van der Waals surface area contributed by atoms with E-state index in [1.807, 2.05) is 30.3 Å². The zero-order valence-electron chi connectivity index (χ0n) is 16.1. The Hall–Kier alpha value is -3.38. The van der Waals surface area contributed by atoms with Crippen molar-refractivity contribution < 1.29 is 14.3 Å². The molecule has 0 saturated carbocycles. The topological polar surface area (TPSA) is 58.6 Å². The van der Waals surface area contributed by atoms with Gasteiger partial charge < -0.3 is 10.1 Å². The van der Waals surface area contributed by atoms with Gasteiger partial charge in [-0.1, -0.05) is 48.5 Å². The lowest BCUT2D eigenvalue weighted by atomic mass is 10.1. The van der Waals surface area contributed by atoms with Crippen LogP contribution in [0.3, 0.4) is 0 Å². The van der Waals surface area contributed by atoms with E-state index >= 15 is 0 Å². The Morgan fingerprint density at radius 3 is 2.60 bits per heavy atom. The smallest absolute Gasteiger partial charge is 0.329 e. The molecule has 0 spiro atoms. The van der Waals surface area contributed by atoms with Crippen LogP contribution in [0.2, 0.25) is 0 Å². The minimum absolute atomic E-state index is 0.174. The molecule has 0 unspecified atom stereocenters. The van der Waals surface area contributed by atoms with Crippen molar-refractivity contribution in [1.82, 2.24) is 10.2 Å². The van der Waals surface area contributed by atoms with Crippen molar-refractivity contribution in [2.45, 2.75) is 6.61 Å². The fraction of sp³-hybridized carbons (Fsp3) is 0.0833. The van der Waals surface area contributed by atoms with E-state index in [9.17, 15) is 9.59 Å². The molecule has 1 aliphatic heterocycles. The Labute approximate surface area is 182 Å². The molecule has 1 N–H and O–H groups in total. The maximum Gasteiger partial charge on any atom is 0.329 e. The summed E-state index contributed by atoms with van der Waals surface area (Å²) in [6.07, 6.45) is 3.15. The lowest BCUT2D eigenvalue weighted by molar-refractivity contribution is -0.122. The van der Waals surface area contributed by atoms with Crippen molar-refractivity contribution in [3.8, 4) is 5.75 Å². The van der Waals surface area contributed by atoms with Gasteiger partial charge >= 0.3 is 6.03 Å². The maximum atomic E-state index is 12.3. The van der Waals surface area contributed by atoms with Crippen LogP contribution in [0.4, 0.5) is 4.79 Å². The van der Waals surface area contributed by atoms with Gasteiger partial charge in [0.1, 0.15) is 18.1 Å². The molecular weight excluding hydrogens is 444 g/mol. The van der Waals surface area contributed by atoms with E-state index in [0.717, 1.165) is 20.5 Å². The number of hydrogen-bond acceptors (Lipinski definition) is 3. The maximum absolute atomic E-state index is 12.3. The van der Waals surface area contributed by atoms with Gasteiger partial charge in [-0.25, -0.2) is 4.79 Å². The lowest BCUT2D eigenvalue weighted by Crippen LogP contribution is -2.30. The van der Waals surface area contributed by atoms with E-state index in [4.69, 9.17) is 4.74 Å². The third-order valence-electron chi connectivity index (χ3n) is 4.75. The molecule has 0 aromatic heterocycles. The molecule has 5 nitrogen and oxygen atoms in total. The molecule has 150 valence electrons. The van der Waals surface area contributed by atoms with E-state index in [1.165, 1.54) is 16.8 Å². The summed E-state index contributed by atoms with van der Waals surface area (Å²) in [4.78, 5) is 25.3. The van der Waals surface area contributed by atoms with E-state index in [1.54, 1.807) is 6.08 Å². The number of halogens is 1. The van der Waals surface area contributed by atoms with Crippen molar-refractivity contribution in [3.63, 3.8) is 0 Å². The Kier molecular flexibility index (Phi) is 5.68. The first-order valence-corrected chi connectivity index (χ1v) is 10.2. The number of nitrogens with one attached hydrogen (secondary N) is 1. The molecule has 0 bridgehead atoms. The highest BCUT2D eigenvalue weighted by molar-refractivity contribution is 9.10. The molecule has 0 aliphatic carbocycles. The molecular formula is C24H19BrN2O3. The predicted molar refractivity (Wildman–Crippen MR) is 121 cm³/mol. The second-order valence-corrected chi connectivity index (χ2v) is 7.71. The van der Waals surface area contributed by atoms with Gasteiger partial charge in [0.2, 0.25) is 0 Å². The largest absolute Gasteiger partial charge is 0.488 e. The van der Waals surface area contributed by atoms with Crippen LogP contribution in [-0.2, 0) is 11.4 Å². The van der Waals surface area contributed by atoms with E-state index in [-0.39, 0.29) is 18.1 Å².